The Hall–Kier alpha value is -7.36. The Balaban J connectivity index is 0.976. The van der Waals surface area contributed by atoms with E-state index in [-0.39, 0.29) is 5.41 Å². The molecule has 0 N–H and O–H groups in total. The molecule has 1 aliphatic carbocycles. The lowest BCUT2D eigenvalue weighted by Gasteiger charge is -2.30. The van der Waals surface area contributed by atoms with E-state index in [0.29, 0.717) is 5.82 Å². The molecule has 0 fully saturated rings. The van der Waals surface area contributed by atoms with Gasteiger partial charge in [-0.15, -0.1) is 0 Å². The van der Waals surface area contributed by atoms with E-state index in [1.807, 2.05) is 30.3 Å². The number of fused-ring (bicyclic) bond motifs is 6. The Morgan fingerprint density at radius 3 is 1.70 bits per heavy atom. The van der Waals surface area contributed by atoms with Gasteiger partial charge in [0.05, 0.1) is 11.4 Å². The summed E-state index contributed by atoms with van der Waals surface area (Å²) in [6, 6.07) is 71.1. The summed E-state index contributed by atoms with van der Waals surface area (Å²) < 4.78 is 6.08. The molecule has 57 heavy (non-hydrogen) atoms. The lowest BCUT2D eigenvalue weighted by atomic mass is 9.72. The van der Waals surface area contributed by atoms with Crippen LogP contribution < -0.4 is 0 Å². The van der Waals surface area contributed by atoms with Crippen molar-refractivity contribution >= 4 is 21.9 Å². The number of hydrogen-bond acceptors (Lipinski definition) is 3. The summed E-state index contributed by atoms with van der Waals surface area (Å²) in [7, 11) is 0. The Bertz CT molecular complexity index is 3110. The summed E-state index contributed by atoms with van der Waals surface area (Å²) in [6.07, 6.45) is 0. The van der Waals surface area contributed by atoms with Crippen LogP contribution in [0.15, 0.2) is 205 Å². The monoisotopic (exact) mass is 728 g/mol. The first-order valence-electron chi connectivity index (χ1n) is 19.5. The van der Waals surface area contributed by atoms with Gasteiger partial charge in [-0.25, -0.2) is 9.97 Å². The van der Waals surface area contributed by atoms with Crippen molar-refractivity contribution in [3.63, 3.8) is 0 Å². The zero-order valence-electron chi connectivity index (χ0n) is 31.4. The molecule has 0 spiro atoms. The van der Waals surface area contributed by atoms with Gasteiger partial charge in [0.15, 0.2) is 5.82 Å². The van der Waals surface area contributed by atoms with Gasteiger partial charge in [-0.2, -0.15) is 0 Å². The number of para-hydroxylation sites is 1. The fraction of sp³-hybridized carbons (Fsp3) is 0.0370. The summed E-state index contributed by atoms with van der Waals surface area (Å²) in [6.45, 7) is 2.38. The zero-order valence-corrected chi connectivity index (χ0v) is 31.4. The minimum absolute atomic E-state index is 0.287. The molecular formula is C54H36N2O. The number of aromatic nitrogens is 2. The molecule has 1 aliphatic rings. The van der Waals surface area contributed by atoms with Gasteiger partial charge >= 0.3 is 0 Å². The molecule has 0 amide bonds. The molecule has 2 heterocycles. The van der Waals surface area contributed by atoms with Crippen molar-refractivity contribution in [3.8, 4) is 67.3 Å². The van der Waals surface area contributed by atoms with Crippen molar-refractivity contribution < 1.29 is 4.42 Å². The molecule has 268 valence electrons. The zero-order chi connectivity index (χ0) is 37.9. The summed E-state index contributed by atoms with van der Waals surface area (Å²) >= 11 is 0. The van der Waals surface area contributed by atoms with Crippen molar-refractivity contribution in [2.45, 2.75) is 12.3 Å². The summed E-state index contributed by atoms with van der Waals surface area (Å²) in [5, 5.41) is 2.25. The van der Waals surface area contributed by atoms with Crippen LogP contribution in [0.25, 0.3) is 89.2 Å². The van der Waals surface area contributed by atoms with E-state index in [1.54, 1.807) is 0 Å². The maximum atomic E-state index is 6.08. The molecule has 2 aromatic heterocycles. The maximum absolute atomic E-state index is 6.08. The molecule has 3 heteroatoms. The smallest absolute Gasteiger partial charge is 0.160 e. The number of furan rings is 1. The van der Waals surface area contributed by atoms with Crippen LogP contribution in [0.3, 0.4) is 0 Å². The third kappa shape index (κ3) is 5.43. The summed E-state index contributed by atoms with van der Waals surface area (Å²) in [4.78, 5) is 10.3. The standard InChI is InChI=1S/C54H36N2O/c1-54(41-15-6-3-7-16-41)47-21-10-8-17-43(47)45-20-12-19-42(52(45)54)36-25-29-38(30-26-36)49-34-48(55-53(56-49)39-13-4-2-5-14-39)37-27-23-35(24-28-37)40-31-32-51-46(33-40)44-18-9-11-22-50(44)57-51/h2-34H,1H3. The predicted molar refractivity (Wildman–Crippen MR) is 234 cm³/mol. The van der Waals surface area contributed by atoms with Crippen molar-refractivity contribution in [3.05, 3.63) is 217 Å². The second-order valence-corrected chi connectivity index (χ2v) is 15.1. The fourth-order valence-corrected chi connectivity index (χ4v) is 8.93. The van der Waals surface area contributed by atoms with Gasteiger partial charge in [0.2, 0.25) is 0 Å². The highest BCUT2D eigenvalue weighted by Crippen LogP contribution is 2.55. The van der Waals surface area contributed by atoms with Gasteiger partial charge in [0, 0.05) is 32.9 Å². The maximum Gasteiger partial charge on any atom is 0.160 e. The number of rotatable bonds is 6. The molecular weight excluding hydrogens is 693 g/mol. The highest BCUT2D eigenvalue weighted by Gasteiger charge is 2.42. The van der Waals surface area contributed by atoms with Gasteiger partial charge in [-0.05, 0) is 81.3 Å². The second-order valence-electron chi connectivity index (χ2n) is 15.1. The van der Waals surface area contributed by atoms with Crippen molar-refractivity contribution in [1.29, 1.82) is 0 Å². The average Bonchev–Trinajstić information content (AvgIpc) is 3.80. The van der Waals surface area contributed by atoms with Gasteiger partial charge < -0.3 is 4.42 Å². The molecule has 1 atom stereocenters. The van der Waals surface area contributed by atoms with Gasteiger partial charge in [0.1, 0.15) is 11.2 Å². The Morgan fingerprint density at radius 1 is 0.386 bits per heavy atom. The van der Waals surface area contributed by atoms with E-state index in [1.165, 1.54) is 38.9 Å². The first kappa shape index (κ1) is 33.0. The quantitative estimate of drug-likeness (QED) is 0.171. The Kier molecular flexibility index (Phi) is 7.61. The van der Waals surface area contributed by atoms with Crippen LogP contribution in [0, 0.1) is 0 Å². The van der Waals surface area contributed by atoms with Crippen molar-refractivity contribution in [2.24, 2.45) is 0 Å². The largest absolute Gasteiger partial charge is 0.456 e. The first-order chi connectivity index (χ1) is 28.1. The molecule has 0 aliphatic heterocycles. The molecule has 11 rings (SSSR count). The molecule has 0 saturated carbocycles. The van der Waals surface area contributed by atoms with E-state index < -0.39 is 0 Å². The minimum atomic E-state index is -0.287. The van der Waals surface area contributed by atoms with Gasteiger partial charge in [0.25, 0.3) is 0 Å². The molecule has 1 unspecified atom stereocenters. The topological polar surface area (TPSA) is 38.9 Å². The third-order valence-electron chi connectivity index (χ3n) is 11.8. The van der Waals surface area contributed by atoms with Gasteiger partial charge in [-0.3, -0.25) is 0 Å². The van der Waals surface area contributed by atoms with E-state index in [4.69, 9.17) is 14.4 Å². The molecule has 0 saturated heterocycles. The van der Waals surface area contributed by atoms with Crippen LogP contribution in [0.1, 0.15) is 23.6 Å². The minimum Gasteiger partial charge on any atom is -0.456 e. The van der Waals surface area contributed by atoms with Crippen LogP contribution in [-0.4, -0.2) is 9.97 Å². The van der Waals surface area contributed by atoms with Crippen LogP contribution in [0.5, 0.6) is 0 Å². The van der Waals surface area contributed by atoms with Gasteiger partial charge in [-0.1, -0.05) is 176 Å². The number of benzene rings is 8. The summed E-state index contributed by atoms with van der Waals surface area (Å²) in [5.41, 5.74) is 17.6. The second kappa shape index (κ2) is 13.1. The van der Waals surface area contributed by atoms with E-state index in [9.17, 15) is 0 Å². The fourth-order valence-electron chi connectivity index (χ4n) is 8.93. The van der Waals surface area contributed by atoms with Crippen LogP contribution in [0.4, 0.5) is 0 Å². The average molecular weight is 729 g/mol. The van der Waals surface area contributed by atoms with E-state index in [0.717, 1.165) is 61.1 Å². The van der Waals surface area contributed by atoms with E-state index in [2.05, 4.69) is 177 Å². The van der Waals surface area contributed by atoms with Crippen LogP contribution >= 0.6 is 0 Å². The van der Waals surface area contributed by atoms with Crippen molar-refractivity contribution in [1.82, 2.24) is 9.97 Å². The number of nitrogens with zero attached hydrogens (tertiary/aromatic N) is 2. The molecule has 0 radical (unpaired) electrons. The van der Waals surface area contributed by atoms with Crippen LogP contribution in [-0.2, 0) is 5.41 Å². The predicted octanol–water partition coefficient (Wildman–Crippen LogP) is 14.0. The van der Waals surface area contributed by atoms with Crippen LogP contribution in [0.2, 0.25) is 0 Å². The van der Waals surface area contributed by atoms with E-state index >= 15 is 0 Å². The third-order valence-corrected chi connectivity index (χ3v) is 11.8. The lowest BCUT2D eigenvalue weighted by Crippen LogP contribution is -2.23. The summed E-state index contributed by atoms with van der Waals surface area (Å²) in [5.74, 6) is 0.700. The SMILES string of the molecule is CC1(c2ccccc2)c2ccccc2-c2cccc(-c3ccc(-c4cc(-c5ccc(-c6ccc7oc8ccccc8c7c6)cc5)nc(-c5ccccc5)n4)cc3)c21. The molecule has 8 aromatic carbocycles. The Labute approximate surface area is 331 Å². The highest BCUT2D eigenvalue weighted by atomic mass is 16.3. The molecule has 10 aromatic rings. The first-order valence-corrected chi connectivity index (χ1v) is 19.5. The molecule has 3 nitrogen and oxygen atoms in total. The van der Waals surface area contributed by atoms with Crippen molar-refractivity contribution in [2.75, 3.05) is 0 Å². The Morgan fingerprint density at radius 2 is 0.947 bits per heavy atom. The highest BCUT2D eigenvalue weighted by molar-refractivity contribution is 6.06. The normalized spacial score (nSPS) is 14.5. The molecule has 0 bridgehead atoms. The lowest BCUT2D eigenvalue weighted by molar-refractivity contribution is 0.669. The number of hydrogen-bond donors (Lipinski definition) is 0.